The highest BCUT2D eigenvalue weighted by atomic mass is 32.2. The van der Waals surface area contributed by atoms with Crippen LogP contribution < -0.4 is 19.5 Å². The Morgan fingerprint density at radius 3 is 2.28 bits per heavy atom. The highest BCUT2D eigenvalue weighted by Gasteiger charge is 2.27. The molecule has 32 heavy (non-hydrogen) atoms. The van der Waals surface area contributed by atoms with Crippen molar-refractivity contribution in [3.05, 3.63) is 83.9 Å². The van der Waals surface area contributed by atoms with Crippen molar-refractivity contribution in [1.29, 1.82) is 0 Å². The van der Waals surface area contributed by atoms with Gasteiger partial charge in [-0.1, -0.05) is 42.5 Å². The quantitative estimate of drug-likeness (QED) is 0.516. The van der Waals surface area contributed by atoms with Crippen LogP contribution in [-0.4, -0.2) is 34.6 Å². The van der Waals surface area contributed by atoms with Gasteiger partial charge in [-0.2, -0.15) is 4.72 Å². The van der Waals surface area contributed by atoms with E-state index >= 15 is 0 Å². The van der Waals surface area contributed by atoms with Gasteiger partial charge in [0, 0.05) is 11.8 Å². The normalized spacial score (nSPS) is 12.1. The average molecular weight is 455 g/mol. The zero-order valence-corrected chi connectivity index (χ0v) is 19.0. The van der Waals surface area contributed by atoms with E-state index in [1.54, 1.807) is 6.07 Å². The van der Waals surface area contributed by atoms with Crippen molar-refractivity contribution in [1.82, 2.24) is 4.72 Å². The number of hydrogen-bond donors (Lipinski definition) is 2. The molecule has 0 heterocycles. The van der Waals surface area contributed by atoms with Crippen LogP contribution in [0.15, 0.2) is 77.7 Å². The minimum atomic E-state index is -4.03. The fourth-order valence-corrected chi connectivity index (χ4v) is 4.44. The standard InChI is InChI=1S/C24H26N2O5S/c1-17-8-7-11-19(14-17)25-24(27)21(15-18-9-5-4-6-10-18)26-32(28,29)20-12-13-22(30-2)23(16-20)31-3/h4-14,16,21,26H,15H2,1-3H3,(H,25,27)/t21-/m1/s1. The minimum absolute atomic E-state index is 0.0310. The van der Waals surface area contributed by atoms with Crippen LogP contribution in [0, 0.1) is 6.92 Å². The van der Waals surface area contributed by atoms with Gasteiger partial charge in [0.05, 0.1) is 19.1 Å². The van der Waals surface area contributed by atoms with E-state index in [4.69, 9.17) is 9.47 Å². The topological polar surface area (TPSA) is 93.7 Å². The summed E-state index contributed by atoms with van der Waals surface area (Å²) in [6.45, 7) is 1.91. The molecule has 0 saturated heterocycles. The first-order chi connectivity index (χ1) is 15.3. The molecule has 2 N–H and O–H groups in total. The molecule has 7 nitrogen and oxygen atoms in total. The first-order valence-corrected chi connectivity index (χ1v) is 11.5. The molecule has 0 aliphatic carbocycles. The molecule has 0 saturated carbocycles. The van der Waals surface area contributed by atoms with E-state index in [2.05, 4.69) is 10.0 Å². The van der Waals surface area contributed by atoms with Gasteiger partial charge >= 0.3 is 0 Å². The van der Waals surface area contributed by atoms with E-state index in [1.807, 2.05) is 55.5 Å². The van der Waals surface area contributed by atoms with Crippen molar-refractivity contribution in [2.45, 2.75) is 24.3 Å². The summed E-state index contributed by atoms with van der Waals surface area (Å²) in [6, 6.07) is 19.8. The van der Waals surface area contributed by atoms with Crippen LogP contribution in [0.2, 0.25) is 0 Å². The summed E-state index contributed by atoms with van der Waals surface area (Å²) in [5.74, 6) is 0.229. The molecule has 0 radical (unpaired) electrons. The summed E-state index contributed by atoms with van der Waals surface area (Å²) >= 11 is 0. The Labute approximate surface area is 188 Å². The predicted octanol–water partition coefficient (Wildman–Crippen LogP) is 3.54. The van der Waals surface area contributed by atoms with Crippen molar-refractivity contribution in [3.8, 4) is 11.5 Å². The number of nitrogens with one attached hydrogen (secondary N) is 2. The molecular formula is C24H26N2O5S. The molecule has 0 aliphatic rings. The Hall–Kier alpha value is -3.36. The predicted molar refractivity (Wildman–Crippen MR) is 124 cm³/mol. The van der Waals surface area contributed by atoms with Crippen molar-refractivity contribution in [2.75, 3.05) is 19.5 Å². The lowest BCUT2D eigenvalue weighted by Gasteiger charge is -2.19. The van der Waals surface area contributed by atoms with E-state index in [9.17, 15) is 13.2 Å². The highest BCUT2D eigenvalue weighted by molar-refractivity contribution is 7.89. The molecule has 1 amide bonds. The molecule has 168 valence electrons. The second kappa shape index (κ2) is 10.3. The maximum atomic E-state index is 13.1. The molecule has 0 unspecified atom stereocenters. The monoisotopic (exact) mass is 454 g/mol. The van der Waals surface area contributed by atoms with E-state index < -0.39 is 22.0 Å². The van der Waals surface area contributed by atoms with Gasteiger partial charge in [0.1, 0.15) is 6.04 Å². The number of hydrogen-bond acceptors (Lipinski definition) is 5. The van der Waals surface area contributed by atoms with E-state index in [0.717, 1.165) is 11.1 Å². The van der Waals surface area contributed by atoms with Crippen molar-refractivity contribution >= 4 is 21.6 Å². The lowest BCUT2D eigenvalue weighted by atomic mass is 10.1. The largest absolute Gasteiger partial charge is 0.493 e. The summed E-state index contributed by atoms with van der Waals surface area (Å²) in [4.78, 5) is 13.0. The van der Waals surface area contributed by atoms with Crippen LogP contribution in [0.25, 0.3) is 0 Å². The Kier molecular flexibility index (Phi) is 7.50. The Balaban J connectivity index is 1.89. The third-order valence-electron chi connectivity index (χ3n) is 4.85. The van der Waals surface area contributed by atoms with Gasteiger partial charge in [-0.3, -0.25) is 4.79 Å². The number of anilines is 1. The van der Waals surface area contributed by atoms with Crippen LogP contribution in [0.4, 0.5) is 5.69 Å². The molecular weight excluding hydrogens is 428 g/mol. The molecule has 0 aliphatic heterocycles. The van der Waals surface area contributed by atoms with Crippen LogP contribution in [0.5, 0.6) is 11.5 Å². The molecule has 0 aromatic heterocycles. The summed E-state index contributed by atoms with van der Waals surface area (Å²) in [7, 11) is -1.14. The molecule has 1 atom stereocenters. The second-order valence-corrected chi connectivity index (χ2v) is 8.95. The van der Waals surface area contributed by atoms with Gasteiger partial charge in [0.25, 0.3) is 0 Å². The zero-order chi connectivity index (χ0) is 23.1. The fourth-order valence-electron chi connectivity index (χ4n) is 3.23. The summed E-state index contributed by atoms with van der Waals surface area (Å²) in [5, 5.41) is 2.81. The molecule has 8 heteroatoms. The number of rotatable bonds is 9. The fraction of sp³-hybridized carbons (Fsp3) is 0.208. The number of carbonyl (C=O) groups excluding carboxylic acids is 1. The number of benzene rings is 3. The van der Waals surface area contributed by atoms with Crippen LogP contribution >= 0.6 is 0 Å². The molecule has 3 rings (SSSR count). The van der Waals surface area contributed by atoms with Gasteiger partial charge in [0.2, 0.25) is 15.9 Å². The van der Waals surface area contributed by atoms with E-state index in [0.29, 0.717) is 11.4 Å². The molecule has 0 bridgehead atoms. The van der Waals surface area contributed by atoms with Gasteiger partial charge in [-0.05, 0) is 48.7 Å². The first-order valence-electron chi connectivity index (χ1n) is 9.98. The SMILES string of the molecule is COc1ccc(S(=O)(=O)N[C@H](Cc2ccccc2)C(=O)Nc2cccc(C)c2)cc1OC. The Morgan fingerprint density at radius 2 is 1.62 bits per heavy atom. The second-order valence-electron chi connectivity index (χ2n) is 7.24. The average Bonchev–Trinajstić information content (AvgIpc) is 2.78. The smallest absolute Gasteiger partial charge is 0.242 e. The third kappa shape index (κ3) is 5.87. The number of sulfonamides is 1. The van der Waals surface area contributed by atoms with Crippen molar-refractivity contribution in [2.24, 2.45) is 0 Å². The maximum Gasteiger partial charge on any atom is 0.242 e. The summed E-state index contributed by atoms with van der Waals surface area (Å²) in [6.07, 6.45) is 0.186. The number of methoxy groups -OCH3 is 2. The van der Waals surface area contributed by atoms with Crippen molar-refractivity contribution in [3.63, 3.8) is 0 Å². The zero-order valence-electron chi connectivity index (χ0n) is 18.2. The Bertz CT molecular complexity index is 1180. The minimum Gasteiger partial charge on any atom is -0.493 e. The number of aryl methyl sites for hydroxylation is 1. The van der Waals surface area contributed by atoms with Gasteiger partial charge in [0.15, 0.2) is 11.5 Å². The van der Waals surface area contributed by atoms with Crippen molar-refractivity contribution < 1.29 is 22.7 Å². The summed E-state index contributed by atoms with van der Waals surface area (Å²) < 4.78 is 39.2. The van der Waals surface area contributed by atoms with Crippen LogP contribution in [0.1, 0.15) is 11.1 Å². The number of carbonyl (C=O) groups is 1. The highest BCUT2D eigenvalue weighted by Crippen LogP contribution is 2.29. The lowest BCUT2D eigenvalue weighted by Crippen LogP contribution is -2.45. The number of amides is 1. The van der Waals surface area contributed by atoms with Gasteiger partial charge in [-0.15, -0.1) is 0 Å². The molecule has 0 spiro atoms. The van der Waals surface area contributed by atoms with Gasteiger partial charge in [-0.25, -0.2) is 8.42 Å². The van der Waals surface area contributed by atoms with Gasteiger partial charge < -0.3 is 14.8 Å². The number of ether oxygens (including phenoxy) is 2. The molecule has 3 aromatic rings. The summed E-state index contributed by atoms with van der Waals surface area (Å²) in [5.41, 5.74) is 2.40. The first kappa shape index (κ1) is 23.3. The van der Waals surface area contributed by atoms with Crippen LogP contribution in [-0.2, 0) is 21.2 Å². The molecule has 3 aromatic carbocycles. The van der Waals surface area contributed by atoms with E-state index in [1.165, 1.54) is 32.4 Å². The Morgan fingerprint density at radius 1 is 0.906 bits per heavy atom. The molecule has 0 fully saturated rings. The lowest BCUT2D eigenvalue weighted by molar-refractivity contribution is -0.117. The maximum absolute atomic E-state index is 13.1. The third-order valence-corrected chi connectivity index (χ3v) is 6.32. The van der Waals surface area contributed by atoms with E-state index in [-0.39, 0.29) is 17.1 Å². The van der Waals surface area contributed by atoms with Crippen LogP contribution in [0.3, 0.4) is 0 Å².